The molecule has 2 heteroatoms. The molecule has 0 atom stereocenters. The normalized spacial score (nSPS) is 12.1. The summed E-state index contributed by atoms with van der Waals surface area (Å²) in [6.07, 6.45) is 0. The van der Waals surface area contributed by atoms with Crippen LogP contribution in [0.1, 0.15) is 15.9 Å². The van der Waals surface area contributed by atoms with Crippen LogP contribution in [-0.2, 0) is 0 Å². The summed E-state index contributed by atoms with van der Waals surface area (Å²) in [6, 6.07) is 32.5. The monoisotopic (exact) mass is 400 g/mol. The molecule has 0 aliphatic heterocycles. The fourth-order valence-electron chi connectivity index (χ4n) is 4.82. The highest BCUT2D eigenvalue weighted by molar-refractivity contribution is 6.31. The summed E-state index contributed by atoms with van der Waals surface area (Å²) in [5, 5.41) is 1.31. The molecule has 0 amide bonds. The van der Waals surface area contributed by atoms with Gasteiger partial charge in [-0.15, -0.1) is 0 Å². The molecule has 0 N–H and O–H groups in total. The van der Waals surface area contributed by atoms with Crippen molar-refractivity contribution in [3.05, 3.63) is 120 Å². The lowest BCUT2D eigenvalue weighted by atomic mass is 9.83. The molecular weight excluding hydrogens is 383 g/mol. The largest absolute Gasteiger partial charge is 0.289 e. The first-order valence-electron chi connectivity index (χ1n) is 10.3. The Bertz CT molecular complexity index is 1480. The Balaban J connectivity index is 1.90. The van der Waals surface area contributed by atoms with Gasteiger partial charge in [0.1, 0.15) is 5.82 Å². The van der Waals surface area contributed by atoms with Gasteiger partial charge in [-0.3, -0.25) is 4.79 Å². The first kappa shape index (κ1) is 17.8. The number of carbonyl (C=O) groups excluding carboxylic acids is 1. The Labute approximate surface area is 179 Å². The minimum Gasteiger partial charge on any atom is -0.289 e. The Morgan fingerprint density at radius 3 is 1.74 bits per heavy atom. The van der Waals surface area contributed by atoms with E-state index in [-0.39, 0.29) is 11.6 Å². The molecule has 0 fully saturated rings. The number of hydrogen-bond donors (Lipinski definition) is 0. The van der Waals surface area contributed by atoms with Gasteiger partial charge >= 0.3 is 0 Å². The van der Waals surface area contributed by atoms with Crippen LogP contribution in [0.3, 0.4) is 0 Å². The van der Waals surface area contributed by atoms with Gasteiger partial charge in [-0.2, -0.15) is 0 Å². The number of ketones is 1. The standard InChI is InChI=1S/C29H17FO/c30-23-17-9-16-22-24(18-10-3-1-4-11-18)27-20-14-7-8-15-21(20)29(31)28(27)25(26(22)23)19-12-5-2-6-13-19/h1-17H. The van der Waals surface area contributed by atoms with Gasteiger partial charge in [-0.25, -0.2) is 4.39 Å². The highest BCUT2D eigenvalue weighted by Gasteiger charge is 2.34. The summed E-state index contributed by atoms with van der Waals surface area (Å²) in [5.41, 5.74) is 6.45. The van der Waals surface area contributed by atoms with Crippen LogP contribution in [0.15, 0.2) is 103 Å². The van der Waals surface area contributed by atoms with Gasteiger partial charge in [0.15, 0.2) is 5.78 Å². The summed E-state index contributed by atoms with van der Waals surface area (Å²) in [5.74, 6) is -0.369. The minimum absolute atomic E-state index is 0.0493. The van der Waals surface area contributed by atoms with E-state index in [9.17, 15) is 4.79 Å². The predicted octanol–water partition coefficient (Wildman–Crippen LogP) is 7.52. The summed E-state index contributed by atoms with van der Waals surface area (Å²) in [6.45, 7) is 0. The lowest BCUT2D eigenvalue weighted by Crippen LogP contribution is -2.02. The molecule has 6 rings (SSSR count). The maximum absolute atomic E-state index is 15.4. The van der Waals surface area contributed by atoms with Crippen molar-refractivity contribution in [3.63, 3.8) is 0 Å². The first-order valence-corrected chi connectivity index (χ1v) is 10.3. The number of carbonyl (C=O) groups is 1. The van der Waals surface area contributed by atoms with Crippen molar-refractivity contribution >= 4 is 16.6 Å². The van der Waals surface area contributed by atoms with Crippen LogP contribution < -0.4 is 0 Å². The first-order chi connectivity index (χ1) is 15.3. The van der Waals surface area contributed by atoms with Crippen molar-refractivity contribution in [2.45, 2.75) is 0 Å². The van der Waals surface area contributed by atoms with Gasteiger partial charge in [-0.1, -0.05) is 97.1 Å². The van der Waals surface area contributed by atoms with Crippen LogP contribution in [0.4, 0.5) is 4.39 Å². The number of hydrogen-bond acceptors (Lipinski definition) is 1. The lowest BCUT2D eigenvalue weighted by molar-refractivity contribution is 0.104. The highest BCUT2D eigenvalue weighted by atomic mass is 19.1. The van der Waals surface area contributed by atoms with E-state index in [1.165, 1.54) is 6.07 Å². The van der Waals surface area contributed by atoms with Gasteiger partial charge in [0.2, 0.25) is 0 Å². The Hall–Kier alpha value is -4.04. The molecule has 31 heavy (non-hydrogen) atoms. The third-order valence-electron chi connectivity index (χ3n) is 6.08. The second-order valence-corrected chi connectivity index (χ2v) is 7.77. The zero-order valence-corrected chi connectivity index (χ0v) is 16.6. The van der Waals surface area contributed by atoms with Gasteiger partial charge in [-0.05, 0) is 33.7 Å². The smallest absolute Gasteiger partial charge is 0.194 e. The second kappa shape index (κ2) is 6.75. The van der Waals surface area contributed by atoms with Gasteiger partial charge in [0.05, 0.1) is 0 Å². The van der Waals surface area contributed by atoms with Crippen molar-refractivity contribution in [1.29, 1.82) is 0 Å². The van der Waals surface area contributed by atoms with Crippen molar-refractivity contribution in [1.82, 2.24) is 0 Å². The van der Waals surface area contributed by atoms with Crippen LogP contribution in [0, 0.1) is 5.82 Å². The maximum atomic E-state index is 15.4. The summed E-state index contributed by atoms with van der Waals surface area (Å²) in [7, 11) is 0. The zero-order chi connectivity index (χ0) is 20.9. The predicted molar refractivity (Wildman–Crippen MR) is 124 cm³/mol. The van der Waals surface area contributed by atoms with Crippen LogP contribution in [0.2, 0.25) is 0 Å². The van der Waals surface area contributed by atoms with Crippen LogP contribution in [0.5, 0.6) is 0 Å². The Morgan fingerprint density at radius 1 is 0.484 bits per heavy atom. The summed E-state index contributed by atoms with van der Waals surface area (Å²) in [4.78, 5) is 13.7. The van der Waals surface area contributed by atoms with Crippen LogP contribution in [-0.4, -0.2) is 5.78 Å². The molecule has 1 aliphatic carbocycles. The lowest BCUT2D eigenvalue weighted by Gasteiger charge is -2.19. The molecule has 0 heterocycles. The zero-order valence-electron chi connectivity index (χ0n) is 16.6. The molecule has 0 saturated carbocycles. The number of fused-ring (bicyclic) bond motifs is 4. The van der Waals surface area contributed by atoms with Crippen molar-refractivity contribution < 1.29 is 9.18 Å². The third-order valence-corrected chi connectivity index (χ3v) is 6.08. The van der Waals surface area contributed by atoms with E-state index in [4.69, 9.17) is 0 Å². The van der Waals surface area contributed by atoms with Crippen molar-refractivity contribution in [3.8, 4) is 33.4 Å². The average molecular weight is 400 g/mol. The SMILES string of the molecule is O=C1c2ccccc2-c2c1c(-c1ccccc1)c1c(F)cccc1c2-c1ccccc1. The van der Waals surface area contributed by atoms with Gasteiger partial charge < -0.3 is 0 Å². The van der Waals surface area contributed by atoms with E-state index in [0.29, 0.717) is 22.1 Å². The van der Waals surface area contributed by atoms with Gasteiger partial charge in [0, 0.05) is 27.6 Å². The molecule has 1 nitrogen and oxygen atoms in total. The molecule has 0 bridgehead atoms. The number of benzene rings is 5. The second-order valence-electron chi connectivity index (χ2n) is 7.77. The molecule has 0 aromatic heterocycles. The number of halogens is 1. The third kappa shape index (κ3) is 2.52. The molecule has 0 spiro atoms. The molecule has 5 aromatic rings. The maximum Gasteiger partial charge on any atom is 0.194 e. The van der Waals surface area contributed by atoms with Crippen molar-refractivity contribution in [2.75, 3.05) is 0 Å². The highest BCUT2D eigenvalue weighted by Crippen LogP contribution is 2.51. The summed E-state index contributed by atoms with van der Waals surface area (Å²) >= 11 is 0. The molecule has 146 valence electrons. The van der Waals surface area contributed by atoms with Crippen LogP contribution in [0.25, 0.3) is 44.2 Å². The fraction of sp³-hybridized carbons (Fsp3) is 0. The van der Waals surface area contributed by atoms with E-state index in [1.54, 1.807) is 6.07 Å². The molecule has 0 unspecified atom stereocenters. The summed E-state index contributed by atoms with van der Waals surface area (Å²) < 4.78 is 15.4. The molecular formula is C29H17FO. The molecule has 0 radical (unpaired) electrons. The van der Waals surface area contributed by atoms with Crippen molar-refractivity contribution in [2.24, 2.45) is 0 Å². The number of rotatable bonds is 2. The molecule has 5 aromatic carbocycles. The minimum atomic E-state index is -0.319. The average Bonchev–Trinajstić information content (AvgIpc) is 3.11. The fourth-order valence-corrected chi connectivity index (χ4v) is 4.82. The molecule has 1 aliphatic rings. The Kier molecular flexibility index (Phi) is 3.87. The van der Waals surface area contributed by atoms with E-state index in [0.717, 1.165) is 33.2 Å². The molecule has 0 saturated heterocycles. The van der Waals surface area contributed by atoms with Crippen LogP contribution >= 0.6 is 0 Å². The van der Waals surface area contributed by atoms with E-state index in [2.05, 4.69) is 0 Å². The quantitative estimate of drug-likeness (QED) is 0.294. The van der Waals surface area contributed by atoms with E-state index < -0.39 is 0 Å². The Morgan fingerprint density at radius 2 is 1.06 bits per heavy atom. The van der Waals surface area contributed by atoms with E-state index >= 15 is 4.39 Å². The van der Waals surface area contributed by atoms with E-state index in [1.807, 2.05) is 91.0 Å². The topological polar surface area (TPSA) is 17.1 Å². The van der Waals surface area contributed by atoms with Gasteiger partial charge in [0.25, 0.3) is 0 Å².